The second kappa shape index (κ2) is 9.35. The summed E-state index contributed by atoms with van der Waals surface area (Å²) in [6, 6.07) is 13.6. The fourth-order valence-electron chi connectivity index (χ4n) is 2.05. The number of benzene rings is 2. The molecule has 0 fully saturated rings. The van der Waals surface area contributed by atoms with E-state index >= 15 is 0 Å². The zero-order valence-corrected chi connectivity index (χ0v) is 14.7. The third-order valence-corrected chi connectivity index (χ3v) is 3.62. The van der Waals surface area contributed by atoms with Crippen LogP contribution in [0.4, 0.5) is 0 Å². The van der Waals surface area contributed by atoms with Gasteiger partial charge < -0.3 is 19.3 Å². The highest BCUT2D eigenvalue weighted by molar-refractivity contribution is 6.32. The van der Waals surface area contributed by atoms with Crippen molar-refractivity contribution in [2.45, 2.75) is 0 Å². The molecule has 2 rings (SSSR count). The van der Waals surface area contributed by atoms with Gasteiger partial charge in [-0.15, -0.1) is 0 Å². The third-order valence-electron chi connectivity index (χ3n) is 3.31. The Kier molecular flexibility index (Phi) is 6.89. The zero-order chi connectivity index (χ0) is 18.9. The van der Waals surface area contributed by atoms with Crippen LogP contribution in [0.5, 0.6) is 17.2 Å². The SMILES string of the molecule is COc1ccc(C=C(C#N)C(=O)O)c(OCCOc2ccccc2Cl)c1. The van der Waals surface area contributed by atoms with Gasteiger partial charge in [0.2, 0.25) is 0 Å². The fraction of sp³-hybridized carbons (Fsp3) is 0.158. The van der Waals surface area contributed by atoms with Crippen molar-refractivity contribution >= 4 is 23.6 Å². The topological polar surface area (TPSA) is 88.8 Å². The molecule has 26 heavy (non-hydrogen) atoms. The van der Waals surface area contributed by atoms with E-state index in [1.807, 2.05) is 6.07 Å². The van der Waals surface area contributed by atoms with Crippen molar-refractivity contribution in [1.29, 1.82) is 5.26 Å². The van der Waals surface area contributed by atoms with E-state index in [9.17, 15) is 4.79 Å². The average molecular weight is 374 g/mol. The summed E-state index contributed by atoms with van der Waals surface area (Å²) >= 11 is 6.01. The second-order valence-electron chi connectivity index (χ2n) is 5.01. The van der Waals surface area contributed by atoms with Gasteiger partial charge >= 0.3 is 5.97 Å². The number of carbonyl (C=O) groups is 1. The van der Waals surface area contributed by atoms with Crippen molar-refractivity contribution in [3.8, 4) is 23.3 Å². The number of halogens is 1. The van der Waals surface area contributed by atoms with Gasteiger partial charge in [0.05, 0.1) is 12.1 Å². The highest BCUT2D eigenvalue weighted by atomic mass is 35.5. The first kappa shape index (κ1) is 19.2. The van der Waals surface area contributed by atoms with Crippen LogP contribution in [0.15, 0.2) is 48.0 Å². The molecule has 0 aliphatic carbocycles. The van der Waals surface area contributed by atoms with E-state index in [0.717, 1.165) is 0 Å². The van der Waals surface area contributed by atoms with E-state index in [4.69, 9.17) is 36.2 Å². The molecular weight excluding hydrogens is 358 g/mol. The van der Waals surface area contributed by atoms with Gasteiger partial charge in [0.1, 0.15) is 42.1 Å². The third kappa shape index (κ3) is 5.16. The van der Waals surface area contributed by atoms with Crippen molar-refractivity contribution in [3.63, 3.8) is 0 Å². The molecule has 0 atom stereocenters. The van der Waals surface area contributed by atoms with E-state index in [0.29, 0.717) is 27.8 Å². The van der Waals surface area contributed by atoms with Crippen LogP contribution in [0.25, 0.3) is 6.08 Å². The van der Waals surface area contributed by atoms with E-state index in [1.165, 1.54) is 13.2 Å². The summed E-state index contributed by atoms with van der Waals surface area (Å²) in [4.78, 5) is 11.0. The number of aliphatic carboxylic acids is 1. The Bertz CT molecular complexity index is 857. The molecule has 7 heteroatoms. The van der Waals surface area contributed by atoms with Gasteiger partial charge in [-0.05, 0) is 30.3 Å². The fourth-order valence-corrected chi connectivity index (χ4v) is 2.24. The summed E-state index contributed by atoms with van der Waals surface area (Å²) in [5, 5.41) is 18.4. The number of hydrogen-bond donors (Lipinski definition) is 1. The number of nitrogens with zero attached hydrogens (tertiary/aromatic N) is 1. The van der Waals surface area contributed by atoms with Crippen LogP contribution in [0.2, 0.25) is 5.02 Å². The minimum atomic E-state index is -1.31. The largest absolute Gasteiger partial charge is 0.497 e. The van der Waals surface area contributed by atoms with Crippen LogP contribution in [-0.2, 0) is 4.79 Å². The summed E-state index contributed by atoms with van der Waals surface area (Å²) in [6.07, 6.45) is 1.24. The summed E-state index contributed by atoms with van der Waals surface area (Å²) in [5.41, 5.74) is 0.0508. The maximum atomic E-state index is 11.0. The maximum Gasteiger partial charge on any atom is 0.346 e. The number of methoxy groups -OCH3 is 1. The Hall–Kier alpha value is -3.17. The van der Waals surface area contributed by atoms with Crippen LogP contribution in [-0.4, -0.2) is 31.4 Å². The number of ether oxygens (including phenoxy) is 3. The number of para-hydroxylation sites is 1. The molecule has 0 saturated heterocycles. The van der Waals surface area contributed by atoms with Crippen LogP contribution < -0.4 is 14.2 Å². The first-order valence-corrected chi connectivity index (χ1v) is 7.96. The summed E-state index contributed by atoms with van der Waals surface area (Å²) in [6.45, 7) is 0.419. The Morgan fingerprint density at radius 3 is 2.50 bits per heavy atom. The first-order chi connectivity index (χ1) is 12.5. The van der Waals surface area contributed by atoms with Gasteiger partial charge in [0.15, 0.2) is 0 Å². The van der Waals surface area contributed by atoms with Crippen LogP contribution in [0, 0.1) is 11.3 Å². The zero-order valence-electron chi connectivity index (χ0n) is 13.9. The number of hydrogen-bond acceptors (Lipinski definition) is 5. The van der Waals surface area contributed by atoms with Gasteiger partial charge in [0.25, 0.3) is 0 Å². The van der Waals surface area contributed by atoms with Crippen LogP contribution in [0.1, 0.15) is 5.56 Å². The predicted octanol–water partition coefficient (Wildman–Crippen LogP) is 3.80. The lowest BCUT2D eigenvalue weighted by Gasteiger charge is -2.12. The molecule has 2 aromatic carbocycles. The van der Waals surface area contributed by atoms with Gasteiger partial charge in [-0.1, -0.05) is 23.7 Å². The molecule has 0 spiro atoms. The number of rotatable bonds is 8. The Morgan fingerprint density at radius 2 is 1.88 bits per heavy atom. The summed E-state index contributed by atoms with van der Waals surface area (Å²) in [5.74, 6) is 0.150. The highest BCUT2D eigenvalue weighted by Crippen LogP contribution is 2.27. The van der Waals surface area contributed by atoms with Crippen molar-refractivity contribution in [1.82, 2.24) is 0 Å². The lowest BCUT2D eigenvalue weighted by molar-refractivity contribution is -0.132. The van der Waals surface area contributed by atoms with Crippen molar-refractivity contribution in [3.05, 3.63) is 58.6 Å². The minimum Gasteiger partial charge on any atom is -0.497 e. The summed E-state index contributed by atoms with van der Waals surface area (Å²) < 4.78 is 16.4. The Morgan fingerprint density at radius 1 is 1.19 bits per heavy atom. The van der Waals surface area contributed by atoms with Gasteiger partial charge in [-0.2, -0.15) is 5.26 Å². The molecule has 1 N–H and O–H groups in total. The van der Waals surface area contributed by atoms with Gasteiger partial charge in [0, 0.05) is 11.6 Å². The summed E-state index contributed by atoms with van der Waals surface area (Å²) in [7, 11) is 1.51. The minimum absolute atomic E-state index is 0.189. The van der Waals surface area contributed by atoms with E-state index in [1.54, 1.807) is 42.5 Å². The molecule has 0 aromatic heterocycles. The van der Waals surface area contributed by atoms with Gasteiger partial charge in [-0.3, -0.25) is 0 Å². The smallest absolute Gasteiger partial charge is 0.346 e. The molecule has 2 aromatic rings. The van der Waals surface area contributed by atoms with Crippen molar-refractivity contribution in [2.24, 2.45) is 0 Å². The lowest BCUT2D eigenvalue weighted by Crippen LogP contribution is -2.10. The highest BCUT2D eigenvalue weighted by Gasteiger charge is 2.10. The molecule has 0 unspecified atom stereocenters. The molecule has 0 aliphatic heterocycles. The molecule has 0 aliphatic rings. The predicted molar refractivity (Wildman–Crippen MR) is 96.7 cm³/mol. The van der Waals surface area contributed by atoms with E-state index < -0.39 is 11.5 Å². The van der Waals surface area contributed by atoms with Crippen LogP contribution >= 0.6 is 11.6 Å². The first-order valence-electron chi connectivity index (χ1n) is 7.58. The maximum absolute atomic E-state index is 11.0. The standard InChI is InChI=1S/C19H16ClNO5/c1-24-15-7-6-13(10-14(12-21)19(22)23)18(11-15)26-9-8-25-17-5-3-2-4-16(17)20/h2-7,10-11H,8-9H2,1H3,(H,22,23). The van der Waals surface area contributed by atoms with E-state index in [2.05, 4.69) is 0 Å². The van der Waals surface area contributed by atoms with Gasteiger partial charge in [-0.25, -0.2) is 4.79 Å². The van der Waals surface area contributed by atoms with Crippen molar-refractivity contribution < 1.29 is 24.1 Å². The molecule has 0 saturated carbocycles. The average Bonchev–Trinajstić information content (AvgIpc) is 2.64. The molecule has 0 heterocycles. The monoisotopic (exact) mass is 373 g/mol. The molecule has 0 bridgehead atoms. The van der Waals surface area contributed by atoms with Crippen LogP contribution in [0.3, 0.4) is 0 Å². The number of nitriles is 1. The lowest BCUT2D eigenvalue weighted by atomic mass is 10.1. The number of carboxylic acid groups (broad SMARTS) is 1. The second-order valence-corrected chi connectivity index (χ2v) is 5.41. The Balaban J connectivity index is 2.10. The normalized spacial score (nSPS) is 10.7. The molecular formula is C19H16ClNO5. The number of carboxylic acids is 1. The molecule has 134 valence electrons. The van der Waals surface area contributed by atoms with Crippen molar-refractivity contribution in [2.75, 3.05) is 20.3 Å². The molecule has 6 nitrogen and oxygen atoms in total. The molecule has 0 amide bonds. The Labute approximate surface area is 155 Å². The van der Waals surface area contributed by atoms with E-state index in [-0.39, 0.29) is 13.2 Å². The quantitative estimate of drug-likeness (QED) is 0.430. The molecule has 0 radical (unpaired) electrons.